The third-order valence-electron chi connectivity index (χ3n) is 3.97. The highest BCUT2D eigenvalue weighted by Crippen LogP contribution is 2.36. The van der Waals surface area contributed by atoms with Gasteiger partial charge in [0.2, 0.25) is 0 Å². The van der Waals surface area contributed by atoms with Crippen LogP contribution in [0.2, 0.25) is 5.02 Å². The largest absolute Gasteiger partial charge is 0.467 e. The van der Waals surface area contributed by atoms with Gasteiger partial charge in [0.1, 0.15) is 5.76 Å². The van der Waals surface area contributed by atoms with Crippen molar-refractivity contribution >= 4 is 22.5 Å². The van der Waals surface area contributed by atoms with Crippen molar-refractivity contribution in [3.05, 3.63) is 59.1 Å². The summed E-state index contributed by atoms with van der Waals surface area (Å²) in [6.45, 7) is 6.21. The van der Waals surface area contributed by atoms with E-state index < -0.39 is 0 Å². The summed E-state index contributed by atoms with van der Waals surface area (Å²) in [7, 11) is 0. The van der Waals surface area contributed by atoms with Crippen LogP contribution >= 0.6 is 11.6 Å². The lowest BCUT2D eigenvalue weighted by Crippen LogP contribution is -2.28. The second-order valence-electron chi connectivity index (χ2n) is 5.05. The standard InChI is InChI=1S/C17H19ClN2O/c1-3-20(4-2)17(15-9-6-10-21-15)12-11-19-14-8-5-7-13(18)16(12)14/h5-11,17,19H,3-4H2,1-2H3. The molecule has 1 unspecified atom stereocenters. The Labute approximate surface area is 129 Å². The van der Waals surface area contributed by atoms with E-state index in [4.69, 9.17) is 16.0 Å². The van der Waals surface area contributed by atoms with Crippen molar-refractivity contribution in [2.24, 2.45) is 0 Å². The Bertz CT molecular complexity index is 714. The molecular weight excluding hydrogens is 284 g/mol. The fourth-order valence-corrected chi connectivity index (χ4v) is 3.23. The van der Waals surface area contributed by atoms with Gasteiger partial charge >= 0.3 is 0 Å². The third kappa shape index (κ3) is 2.47. The van der Waals surface area contributed by atoms with Gasteiger partial charge in [-0.25, -0.2) is 0 Å². The summed E-state index contributed by atoms with van der Waals surface area (Å²) < 4.78 is 5.69. The number of halogens is 1. The van der Waals surface area contributed by atoms with Gasteiger partial charge in [-0.1, -0.05) is 31.5 Å². The van der Waals surface area contributed by atoms with Gasteiger partial charge < -0.3 is 9.40 Å². The van der Waals surface area contributed by atoms with Crippen molar-refractivity contribution in [3.63, 3.8) is 0 Å². The first-order valence-electron chi connectivity index (χ1n) is 7.29. The third-order valence-corrected chi connectivity index (χ3v) is 4.29. The monoisotopic (exact) mass is 302 g/mol. The van der Waals surface area contributed by atoms with Gasteiger partial charge in [-0.2, -0.15) is 0 Å². The van der Waals surface area contributed by atoms with Crippen molar-refractivity contribution in [2.45, 2.75) is 19.9 Å². The molecule has 0 amide bonds. The summed E-state index contributed by atoms with van der Waals surface area (Å²) in [6, 6.07) is 9.98. The van der Waals surface area contributed by atoms with Gasteiger partial charge in [-0.15, -0.1) is 0 Å². The highest BCUT2D eigenvalue weighted by Gasteiger charge is 2.26. The molecule has 0 radical (unpaired) electrons. The summed E-state index contributed by atoms with van der Waals surface area (Å²) in [5.74, 6) is 0.944. The highest BCUT2D eigenvalue weighted by atomic mass is 35.5. The Hall–Kier alpha value is -1.71. The van der Waals surface area contributed by atoms with E-state index in [0.29, 0.717) is 0 Å². The molecule has 3 nitrogen and oxygen atoms in total. The molecule has 2 heterocycles. The topological polar surface area (TPSA) is 32.2 Å². The number of rotatable bonds is 5. The SMILES string of the molecule is CCN(CC)C(c1ccco1)c1c[nH]c2cccc(Cl)c12. The van der Waals surface area contributed by atoms with E-state index in [1.54, 1.807) is 6.26 Å². The molecule has 1 aromatic carbocycles. The normalized spacial score (nSPS) is 13.1. The average molecular weight is 303 g/mol. The lowest BCUT2D eigenvalue weighted by Gasteiger charge is -2.28. The van der Waals surface area contributed by atoms with E-state index in [2.05, 4.69) is 23.7 Å². The molecule has 3 rings (SSSR count). The van der Waals surface area contributed by atoms with Crippen molar-refractivity contribution in [2.75, 3.05) is 13.1 Å². The number of hydrogen-bond acceptors (Lipinski definition) is 2. The van der Waals surface area contributed by atoms with E-state index >= 15 is 0 Å². The van der Waals surface area contributed by atoms with Crippen molar-refractivity contribution in [3.8, 4) is 0 Å². The summed E-state index contributed by atoms with van der Waals surface area (Å²) in [5, 5.41) is 1.85. The van der Waals surface area contributed by atoms with Crippen molar-refractivity contribution < 1.29 is 4.42 Å². The van der Waals surface area contributed by atoms with Crippen LogP contribution < -0.4 is 0 Å². The molecule has 0 aliphatic heterocycles. The minimum absolute atomic E-state index is 0.0728. The molecule has 0 spiro atoms. The first-order valence-corrected chi connectivity index (χ1v) is 7.67. The van der Waals surface area contributed by atoms with Gasteiger partial charge in [0, 0.05) is 22.7 Å². The summed E-state index contributed by atoms with van der Waals surface area (Å²) in [6.07, 6.45) is 3.77. The van der Waals surface area contributed by atoms with E-state index in [-0.39, 0.29) is 6.04 Å². The predicted octanol–water partition coefficient (Wildman–Crippen LogP) is 4.85. The van der Waals surface area contributed by atoms with Gasteiger partial charge in [0.25, 0.3) is 0 Å². The summed E-state index contributed by atoms with van der Waals surface area (Å²) in [4.78, 5) is 5.69. The molecule has 0 saturated heterocycles. The summed E-state index contributed by atoms with van der Waals surface area (Å²) >= 11 is 6.43. The van der Waals surface area contributed by atoms with Crippen LogP contribution in [0.5, 0.6) is 0 Å². The zero-order valence-electron chi connectivity index (χ0n) is 12.3. The molecule has 0 aliphatic rings. The molecule has 0 saturated carbocycles. The Kier molecular flexibility index (Phi) is 4.04. The maximum atomic E-state index is 6.43. The second kappa shape index (κ2) is 5.96. The molecule has 3 aromatic rings. The lowest BCUT2D eigenvalue weighted by molar-refractivity contribution is 0.225. The van der Waals surface area contributed by atoms with Crippen LogP contribution in [0, 0.1) is 0 Å². The average Bonchev–Trinajstić information content (AvgIpc) is 3.15. The predicted molar refractivity (Wildman–Crippen MR) is 86.8 cm³/mol. The van der Waals surface area contributed by atoms with Gasteiger partial charge in [-0.3, -0.25) is 4.90 Å². The number of aromatic nitrogens is 1. The molecule has 4 heteroatoms. The minimum atomic E-state index is 0.0728. The van der Waals surface area contributed by atoms with Crippen LogP contribution in [0.15, 0.2) is 47.2 Å². The number of nitrogens with one attached hydrogen (secondary N) is 1. The number of furan rings is 1. The fraction of sp³-hybridized carbons (Fsp3) is 0.294. The molecule has 1 atom stereocenters. The molecule has 0 aliphatic carbocycles. The minimum Gasteiger partial charge on any atom is -0.467 e. The number of aromatic amines is 1. The Morgan fingerprint density at radius 1 is 1.19 bits per heavy atom. The van der Waals surface area contributed by atoms with Crippen LogP contribution in [0.3, 0.4) is 0 Å². The first-order chi connectivity index (χ1) is 10.3. The molecule has 1 N–H and O–H groups in total. The number of fused-ring (bicyclic) bond motifs is 1. The number of nitrogens with zero attached hydrogens (tertiary/aromatic N) is 1. The summed E-state index contributed by atoms with van der Waals surface area (Å²) in [5.41, 5.74) is 2.22. The Morgan fingerprint density at radius 3 is 2.67 bits per heavy atom. The first kappa shape index (κ1) is 14.2. The van der Waals surface area contributed by atoms with E-state index in [1.165, 1.54) is 0 Å². The van der Waals surface area contributed by atoms with E-state index in [0.717, 1.165) is 40.3 Å². The number of benzene rings is 1. The Balaban J connectivity index is 2.19. The molecule has 2 aromatic heterocycles. The number of hydrogen-bond donors (Lipinski definition) is 1. The lowest BCUT2D eigenvalue weighted by atomic mass is 10.0. The maximum Gasteiger partial charge on any atom is 0.125 e. The Morgan fingerprint density at radius 2 is 2.00 bits per heavy atom. The van der Waals surface area contributed by atoms with E-state index in [9.17, 15) is 0 Å². The van der Waals surface area contributed by atoms with Crippen LogP contribution in [-0.2, 0) is 0 Å². The zero-order valence-corrected chi connectivity index (χ0v) is 13.0. The molecular formula is C17H19ClN2O. The fourth-order valence-electron chi connectivity index (χ4n) is 2.95. The zero-order chi connectivity index (χ0) is 14.8. The van der Waals surface area contributed by atoms with Crippen LogP contribution in [-0.4, -0.2) is 23.0 Å². The van der Waals surface area contributed by atoms with Crippen LogP contribution in [0.1, 0.15) is 31.2 Å². The van der Waals surface area contributed by atoms with Gasteiger partial charge in [0.15, 0.2) is 0 Å². The molecule has 0 bridgehead atoms. The van der Waals surface area contributed by atoms with Crippen molar-refractivity contribution in [1.82, 2.24) is 9.88 Å². The molecule has 110 valence electrons. The van der Waals surface area contributed by atoms with E-state index in [1.807, 2.05) is 36.5 Å². The second-order valence-corrected chi connectivity index (χ2v) is 5.45. The van der Waals surface area contributed by atoms with Crippen molar-refractivity contribution in [1.29, 1.82) is 0 Å². The quantitative estimate of drug-likeness (QED) is 0.731. The van der Waals surface area contributed by atoms with Crippen LogP contribution in [0.25, 0.3) is 10.9 Å². The highest BCUT2D eigenvalue weighted by molar-refractivity contribution is 6.35. The number of H-pyrrole nitrogens is 1. The molecule has 0 fully saturated rings. The maximum absolute atomic E-state index is 6.43. The molecule has 21 heavy (non-hydrogen) atoms. The van der Waals surface area contributed by atoms with Crippen LogP contribution in [0.4, 0.5) is 0 Å². The van der Waals surface area contributed by atoms with Gasteiger partial charge in [0.05, 0.1) is 17.3 Å². The smallest absolute Gasteiger partial charge is 0.125 e. The van der Waals surface area contributed by atoms with Gasteiger partial charge in [-0.05, 0) is 37.4 Å².